The number of hydrogen-bond donors (Lipinski definition) is 0. The van der Waals surface area contributed by atoms with Crippen molar-refractivity contribution in [2.75, 3.05) is 0 Å². The average molecular weight is 382 g/mol. The highest BCUT2D eigenvalue weighted by molar-refractivity contribution is 6.35. The van der Waals surface area contributed by atoms with Crippen LogP contribution < -0.4 is 0 Å². The Morgan fingerprint density at radius 1 is 0.643 bits per heavy atom. The Labute approximate surface area is 169 Å². The minimum Gasteiger partial charge on any atom is -0.244 e. The Morgan fingerprint density at radius 3 is 2.11 bits per heavy atom. The zero-order valence-electron chi connectivity index (χ0n) is 15.9. The molecule has 0 N–H and O–H groups in total. The molecule has 0 atom stereocenters. The molecule has 4 aromatic carbocycles. The molecule has 0 saturated heterocycles. The van der Waals surface area contributed by atoms with E-state index in [9.17, 15) is 0 Å². The van der Waals surface area contributed by atoms with Crippen LogP contribution in [-0.2, 0) is 0 Å². The van der Waals surface area contributed by atoms with Gasteiger partial charge in [0.25, 0.3) is 0 Å². The fourth-order valence-corrected chi connectivity index (χ4v) is 4.50. The number of hydrogen-bond acceptors (Lipinski definition) is 1. The summed E-state index contributed by atoms with van der Waals surface area (Å²) in [7, 11) is 0. The van der Waals surface area contributed by atoms with E-state index in [1.54, 1.807) is 6.20 Å². The van der Waals surface area contributed by atoms with Crippen LogP contribution >= 0.6 is 11.6 Å². The second kappa shape index (κ2) is 6.61. The third kappa shape index (κ3) is 2.58. The second-order valence-electron chi connectivity index (χ2n) is 7.57. The molecule has 0 aliphatic carbocycles. The van der Waals surface area contributed by atoms with E-state index in [-0.39, 0.29) is 0 Å². The maximum absolute atomic E-state index is 6.39. The molecule has 0 spiro atoms. The zero-order valence-corrected chi connectivity index (χ0v) is 16.7. The van der Waals surface area contributed by atoms with E-state index in [4.69, 9.17) is 11.6 Å². The number of rotatable bonds is 2. The van der Waals surface area contributed by atoms with Gasteiger partial charge < -0.3 is 0 Å². The van der Waals surface area contributed by atoms with Crippen molar-refractivity contribution in [2.45, 2.75) is 19.8 Å². The summed E-state index contributed by atoms with van der Waals surface area (Å²) in [6, 6.07) is 26.1. The monoisotopic (exact) mass is 381 g/mol. The van der Waals surface area contributed by atoms with Gasteiger partial charge in [0, 0.05) is 11.6 Å². The first-order valence-electron chi connectivity index (χ1n) is 9.63. The predicted molar refractivity (Wildman–Crippen MR) is 121 cm³/mol. The molecule has 28 heavy (non-hydrogen) atoms. The normalized spacial score (nSPS) is 11.7. The van der Waals surface area contributed by atoms with Gasteiger partial charge >= 0.3 is 0 Å². The molecule has 5 rings (SSSR count). The molecule has 0 radical (unpaired) electrons. The van der Waals surface area contributed by atoms with Crippen molar-refractivity contribution in [3.8, 4) is 11.1 Å². The lowest BCUT2D eigenvalue weighted by atomic mass is 9.87. The molecule has 0 aliphatic rings. The molecule has 1 nitrogen and oxygen atoms in total. The molecule has 0 fully saturated rings. The van der Waals surface area contributed by atoms with Crippen molar-refractivity contribution in [1.29, 1.82) is 0 Å². The molecule has 0 saturated carbocycles. The maximum atomic E-state index is 6.39. The summed E-state index contributed by atoms with van der Waals surface area (Å²) in [6.07, 6.45) is 1.79. The van der Waals surface area contributed by atoms with Gasteiger partial charge in [-0.1, -0.05) is 86.1 Å². The van der Waals surface area contributed by atoms with E-state index in [0.29, 0.717) is 11.1 Å². The largest absolute Gasteiger partial charge is 0.244 e. The van der Waals surface area contributed by atoms with Gasteiger partial charge in [0.05, 0.1) is 0 Å². The topological polar surface area (TPSA) is 12.9 Å². The molecule has 0 aliphatic heterocycles. The van der Waals surface area contributed by atoms with E-state index < -0.39 is 0 Å². The van der Waals surface area contributed by atoms with Crippen LogP contribution in [0.1, 0.15) is 25.3 Å². The fraction of sp³-hybridized carbons (Fsp3) is 0.115. The molecule has 0 unspecified atom stereocenters. The van der Waals surface area contributed by atoms with Gasteiger partial charge in [0.1, 0.15) is 5.15 Å². The minimum absolute atomic E-state index is 0.455. The highest BCUT2D eigenvalue weighted by Gasteiger charge is 2.15. The van der Waals surface area contributed by atoms with E-state index >= 15 is 0 Å². The van der Waals surface area contributed by atoms with Crippen LogP contribution in [0.5, 0.6) is 0 Å². The van der Waals surface area contributed by atoms with Crippen LogP contribution in [0.2, 0.25) is 5.15 Å². The summed E-state index contributed by atoms with van der Waals surface area (Å²) in [6.45, 7) is 4.51. The van der Waals surface area contributed by atoms with Gasteiger partial charge in [-0.25, -0.2) is 4.98 Å². The van der Waals surface area contributed by atoms with Crippen LogP contribution in [0.4, 0.5) is 0 Å². The molecular formula is C26H20ClN. The van der Waals surface area contributed by atoms with Crippen molar-refractivity contribution >= 4 is 43.9 Å². The summed E-state index contributed by atoms with van der Waals surface area (Å²) in [5, 5.41) is 7.70. The number of aromatic nitrogens is 1. The number of halogens is 1. The Morgan fingerprint density at radius 2 is 1.29 bits per heavy atom. The third-order valence-electron chi connectivity index (χ3n) is 5.61. The van der Waals surface area contributed by atoms with Gasteiger partial charge in [0.2, 0.25) is 0 Å². The van der Waals surface area contributed by atoms with E-state index in [0.717, 1.165) is 10.8 Å². The maximum Gasteiger partial charge on any atom is 0.136 e. The van der Waals surface area contributed by atoms with Crippen LogP contribution in [0.25, 0.3) is 43.4 Å². The minimum atomic E-state index is 0.455. The molecule has 136 valence electrons. The quantitative estimate of drug-likeness (QED) is 0.223. The lowest BCUT2D eigenvalue weighted by molar-refractivity contribution is 0.869. The van der Waals surface area contributed by atoms with Crippen molar-refractivity contribution in [3.05, 3.63) is 89.7 Å². The SMILES string of the molecule is CC(C)c1ccccc1-c1cc2c3ccnc(Cl)c3ccc2c2ccccc12. The first-order valence-corrected chi connectivity index (χ1v) is 10.0. The molecule has 0 amide bonds. The number of fused-ring (bicyclic) bond motifs is 5. The Balaban J connectivity index is 1.99. The van der Waals surface area contributed by atoms with Gasteiger partial charge in [0.15, 0.2) is 0 Å². The summed E-state index contributed by atoms with van der Waals surface area (Å²) >= 11 is 6.39. The van der Waals surface area contributed by atoms with Gasteiger partial charge in [-0.3, -0.25) is 0 Å². The number of nitrogens with zero attached hydrogens (tertiary/aromatic N) is 1. The Bertz CT molecular complexity index is 1350. The molecule has 5 aromatic rings. The van der Waals surface area contributed by atoms with Crippen molar-refractivity contribution < 1.29 is 0 Å². The predicted octanol–water partition coefficient (Wildman–Crippen LogP) is 7.99. The van der Waals surface area contributed by atoms with Crippen molar-refractivity contribution in [2.24, 2.45) is 0 Å². The van der Waals surface area contributed by atoms with Gasteiger partial charge in [-0.05, 0) is 61.7 Å². The third-order valence-corrected chi connectivity index (χ3v) is 5.91. The van der Waals surface area contributed by atoms with Crippen LogP contribution in [0.15, 0.2) is 79.0 Å². The smallest absolute Gasteiger partial charge is 0.136 e. The Kier molecular flexibility index (Phi) is 4.07. The summed E-state index contributed by atoms with van der Waals surface area (Å²) in [4.78, 5) is 4.26. The first kappa shape index (κ1) is 17.2. The highest BCUT2D eigenvalue weighted by Crippen LogP contribution is 2.40. The lowest BCUT2D eigenvalue weighted by Gasteiger charge is -2.17. The van der Waals surface area contributed by atoms with Crippen LogP contribution in [0, 0.1) is 0 Å². The molecule has 2 heteroatoms. The number of benzene rings is 4. The zero-order chi connectivity index (χ0) is 19.3. The van der Waals surface area contributed by atoms with E-state index in [1.807, 2.05) is 0 Å². The summed E-state index contributed by atoms with van der Waals surface area (Å²) in [5.74, 6) is 0.455. The number of pyridine rings is 1. The summed E-state index contributed by atoms with van der Waals surface area (Å²) < 4.78 is 0. The Hall–Kier alpha value is -2.90. The van der Waals surface area contributed by atoms with E-state index in [1.165, 1.54) is 38.2 Å². The van der Waals surface area contributed by atoms with Crippen molar-refractivity contribution in [1.82, 2.24) is 4.98 Å². The molecule has 1 aromatic heterocycles. The lowest BCUT2D eigenvalue weighted by Crippen LogP contribution is -1.93. The van der Waals surface area contributed by atoms with Crippen LogP contribution in [0.3, 0.4) is 0 Å². The molecular weight excluding hydrogens is 362 g/mol. The van der Waals surface area contributed by atoms with Gasteiger partial charge in [-0.2, -0.15) is 0 Å². The van der Waals surface area contributed by atoms with Gasteiger partial charge in [-0.15, -0.1) is 0 Å². The fourth-order valence-electron chi connectivity index (χ4n) is 4.28. The standard InChI is InChI=1S/C26H20ClN/c1-16(2)17-7-3-4-8-18(17)24-15-25-21(19-9-5-6-10-20(19)24)11-12-23-22(25)13-14-28-26(23)27/h3-16H,1-2H3. The van der Waals surface area contributed by atoms with Crippen LogP contribution in [-0.4, -0.2) is 4.98 Å². The summed E-state index contributed by atoms with van der Waals surface area (Å²) in [5.41, 5.74) is 3.94. The molecule has 0 bridgehead atoms. The molecule has 1 heterocycles. The highest BCUT2D eigenvalue weighted by atomic mass is 35.5. The average Bonchev–Trinajstić information content (AvgIpc) is 2.73. The van der Waals surface area contributed by atoms with E-state index in [2.05, 4.69) is 91.6 Å². The van der Waals surface area contributed by atoms with Crippen molar-refractivity contribution in [3.63, 3.8) is 0 Å². The second-order valence-corrected chi connectivity index (χ2v) is 7.93. The first-order chi connectivity index (χ1) is 13.6.